The van der Waals surface area contributed by atoms with Gasteiger partial charge in [-0.2, -0.15) is 0 Å². The van der Waals surface area contributed by atoms with Crippen molar-refractivity contribution in [2.24, 2.45) is 0 Å². The van der Waals surface area contributed by atoms with E-state index in [1.165, 1.54) is 25.4 Å². The van der Waals surface area contributed by atoms with Gasteiger partial charge in [0.2, 0.25) is 0 Å². The summed E-state index contributed by atoms with van der Waals surface area (Å²) in [4.78, 5) is 32.3. The third-order valence-electron chi connectivity index (χ3n) is 3.56. The molecule has 0 amide bonds. The molecule has 3 aromatic rings. The molecule has 0 saturated heterocycles. The van der Waals surface area contributed by atoms with Gasteiger partial charge in [0.15, 0.2) is 17.3 Å². The van der Waals surface area contributed by atoms with E-state index in [0.717, 1.165) is 10.7 Å². The molecule has 0 spiro atoms. The fourth-order valence-corrected chi connectivity index (χ4v) is 3.07. The largest absolute Gasteiger partial charge is 0.493 e. The van der Waals surface area contributed by atoms with Gasteiger partial charge in [0, 0.05) is 17.1 Å². The van der Waals surface area contributed by atoms with Crippen molar-refractivity contribution in [2.45, 2.75) is 13.3 Å². The maximum absolute atomic E-state index is 12.2. The molecule has 2 heterocycles. The average molecular weight is 368 g/mol. The number of ketones is 1. The summed E-state index contributed by atoms with van der Waals surface area (Å²) in [7, 11) is 1.45. The number of thiazole rings is 1. The molecule has 0 aliphatic carbocycles. The number of benzene rings is 1. The molecule has 0 bridgehead atoms. The Morgan fingerprint density at radius 2 is 2.00 bits per heavy atom. The number of rotatable bonds is 6. The summed E-state index contributed by atoms with van der Waals surface area (Å²) >= 11 is 1.42. The second-order valence-corrected chi connectivity index (χ2v) is 6.29. The van der Waals surface area contributed by atoms with Crippen LogP contribution in [0.3, 0.4) is 0 Å². The molecule has 0 aliphatic rings. The SMILES string of the molecule is COc1cc(C(C)=O)ccc1OC(=O)Cc1csc(-c2ccccn2)n1. The number of esters is 1. The van der Waals surface area contributed by atoms with Gasteiger partial charge < -0.3 is 9.47 Å². The van der Waals surface area contributed by atoms with Crippen LogP contribution in [0, 0.1) is 0 Å². The molecular weight excluding hydrogens is 352 g/mol. The van der Waals surface area contributed by atoms with Crippen LogP contribution in [0.2, 0.25) is 0 Å². The first-order valence-electron chi connectivity index (χ1n) is 7.82. The van der Waals surface area contributed by atoms with Gasteiger partial charge >= 0.3 is 5.97 Å². The fourth-order valence-electron chi connectivity index (χ4n) is 2.27. The van der Waals surface area contributed by atoms with E-state index in [1.807, 2.05) is 18.2 Å². The Balaban J connectivity index is 1.70. The van der Waals surface area contributed by atoms with E-state index in [9.17, 15) is 9.59 Å². The van der Waals surface area contributed by atoms with Crippen LogP contribution in [0.5, 0.6) is 11.5 Å². The first kappa shape index (κ1) is 17.8. The Labute approximate surface area is 154 Å². The molecular formula is C19H16N2O4S. The zero-order valence-corrected chi connectivity index (χ0v) is 15.1. The predicted molar refractivity (Wildman–Crippen MR) is 97.7 cm³/mol. The number of methoxy groups -OCH3 is 1. The van der Waals surface area contributed by atoms with E-state index < -0.39 is 5.97 Å². The first-order chi connectivity index (χ1) is 12.6. The number of nitrogens with zero attached hydrogens (tertiary/aromatic N) is 2. The van der Waals surface area contributed by atoms with Crippen LogP contribution in [-0.4, -0.2) is 28.8 Å². The monoisotopic (exact) mass is 368 g/mol. The molecule has 0 fully saturated rings. The second-order valence-electron chi connectivity index (χ2n) is 5.43. The van der Waals surface area contributed by atoms with Crippen molar-refractivity contribution in [1.29, 1.82) is 0 Å². The molecule has 1 aromatic carbocycles. The summed E-state index contributed by atoms with van der Waals surface area (Å²) < 4.78 is 10.6. The molecule has 0 radical (unpaired) electrons. The first-order valence-corrected chi connectivity index (χ1v) is 8.70. The topological polar surface area (TPSA) is 78.4 Å². The maximum Gasteiger partial charge on any atom is 0.317 e. The van der Waals surface area contributed by atoms with Crippen molar-refractivity contribution < 1.29 is 19.1 Å². The summed E-state index contributed by atoms with van der Waals surface area (Å²) in [5.41, 5.74) is 1.86. The van der Waals surface area contributed by atoms with E-state index in [4.69, 9.17) is 9.47 Å². The van der Waals surface area contributed by atoms with Gasteiger partial charge in [0.05, 0.1) is 24.9 Å². The van der Waals surface area contributed by atoms with Crippen LogP contribution in [0.1, 0.15) is 23.0 Å². The zero-order valence-electron chi connectivity index (χ0n) is 14.3. The molecule has 2 aromatic heterocycles. The molecule has 6 nitrogen and oxygen atoms in total. The maximum atomic E-state index is 12.2. The number of pyridine rings is 1. The summed E-state index contributed by atoms with van der Waals surface area (Å²) in [5, 5.41) is 2.55. The van der Waals surface area contributed by atoms with Crippen molar-refractivity contribution in [2.75, 3.05) is 7.11 Å². The zero-order chi connectivity index (χ0) is 18.5. The van der Waals surface area contributed by atoms with Gasteiger partial charge in [-0.25, -0.2) is 4.98 Å². The number of hydrogen-bond acceptors (Lipinski definition) is 7. The lowest BCUT2D eigenvalue weighted by molar-refractivity contribution is -0.133. The van der Waals surface area contributed by atoms with Gasteiger partial charge in [-0.3, -0.25) is 14.6 Å². The number of carbonyl (C=O) groups is 2. The summed E-state index contributed by atoms with van der Waals surface area (Å²) in [6.45, 7) is 1.46. The normalized spacial score (nSPS) is 10.4. The van der Waals surface area contributed by atoms with Crippen LogP contribution >= 0.6 is 11.3 Å². The number of hydrogen-bond donors (Lipinski definition) is 0. The Kier molecular flexibility index (Phi) is 5.38. The Morgan fingerprint density at radius 1 is 1.15 bits per heavy atom. The van der Waals surface area contributed by atoms with Crippen molar-refractivity contribution >= 4 is 23.1 Å². The van der Waals surface area contributed by atoms with Gasteiger partial charge in [0.25, 0.3) is 0 Å². The smallest absolute Gasteiger partial charge is 0.317 e. The minimum atomic E-state index is -0.461. The van der Waals surface area contributed by atoms with Crippen molar-refractivity contribution in [3.05, 3.63) is 59.2 Å². The lowest BCUT2D eigenvalue weighted by Crippen LogP contribution is -2.12. The lowest BCUT2D eigenvalue weighted by Gasteiger charge is -2.09. The Bertz CT molecular complexity index is 938. The highest BCUT2D eigenvalue weighted by molar-refractivity contribution is 7.13. The minimum absolute atomic E-state index is 0.0287. The van der Waals surface area contributed by atoms with Crippen LogP contribution in [-0.2, 0) is 11.2 Å². The fraction of sp³-hybridized carbons (Fsp3) is 0.158. The Hall–Kier alpha value is -3.06. The molecule has 0 unspecified atom stereocenters. The third-order valence-corrected chi connectivity index (χ3v) is 4.47. The van der Waals surface area contributed by atoms with Crippen LogP contribution < -0.4 is 9.47 Å². The van der Waals surface area contributed by atoms with Gasteiger partial charge in [-0.1, -0.05) is 6.07 Å². The van der Waals surface area contributed by atoms with E-state index in [2.05, 4.69) is 9.97 Å². The molecule has 3 rings (SSSR count). The molecule has 26 heavy (non-hydrogen) atoms. The third kappa shape index (κ3) is 4.12. The van der Waals surface area contributed by atoms with Crippen LogP contribution in [0.4, 0.5) is 0 Å². The number of aromatic nitrogens is 2. The van der Waals surface area contributed by atoms with E-state index >= 15 is 0 Å². The highest BCUT2D eigenvalue weighted by Gasteiger charge is 2.15. The minimum Gasteiger partial charge on any atom is -0.493 e. The Morgan fingerprint density at radius 3 is 2.69 bits per heavy atom. The standard InChI is InChI=1S/C19H16N2O4S/c1-12(22)13-6-7-16(17(9-13)24-2)25-18(23)10-14-11-26-19(21-14)15-5-3-4-8-20-15/h3-9,11H,10H2,1-2H3. The molecule has 0 atom stereocenters. The summed E-state index contributed by atoms with van der Waals surface area (Å²) in [6, 6.07) is 10.3. The molecule has 0 saturated carbocycles. The lowest BCUT2D eigenvalue weighted by atomic mass is 10.1. The summed E-state index contributed by atoms with van der Waals surface area (Å²) in [5.74, 6) is 0.0450. The highest BCUT2D eigenvalue weighted by Crippen LogP contribution is 2.29. The highest BCUT2D eigenvalue weighted by atomic mass is 32.1. The average Bonchev–Trinajstić information content (AvgIpc) is 3.11. The number of Topliss-reactive ketones (excluding diaryl/α,β-unsaturated/α-hetero) is 1. The van der Waals surface area contributed by atoms with Crippen molar-refractivity contribution in [3.8, 4) is 22.2 Å². The number of ether oxygens (including phenoxy) is 2. The van der Waals surface area contributed by atoms with Crippen molar-refractivity contribution in [1.82, 2.24) is 9.97 Å². The van der Waals surface area contributed by atoms with Gasteiger partial charge in [-0.05, 0) is 37.3 Å². The quantitative estimate of drug-likeness (QED) is 0.376. The summed E-state index contributed by atoms with van der Waals surface area (Å²) in [6.07, 6.45) is 1.72. The van der Waals surface area contributed by atoms with Gasteiger partial charge in [-0.15, -0.1) is 11.3 Å². The van der Waals surface area contributed by atoms with E-state index in [-0.39, 0.29) is 18.0 Å². The molecule has 132 valence electrons. The second kappa shape index (κ2) is 7.88. The number of carbonyl (C=O) groups excluding carboxylic acids is 2. The van der Waals surface area contributed by atoms with E-state index in [0.29, 0.717) is 17.0 Å². The van der Waals surface area contributed by atoms with Crippen molar-refractivity contribution in [3.63, 3.8) is 0 Å². The predicted octanol–water partition coefficient (Wildman–Crippen LogP) is 3.56. The van der Waals surface area contributed by atoms with Crippen LogP contribution in [0.25, 0.3) is 10.7 Å². The van der Waals surface area contributed by atoms with E-state index in [1.54, 1.807) is 29.8 Å². The van der Waals surface area contributed by atoms with Gasteiger partial charge in [0.1, 0.15) is 5.01 Å². The molecule has 0 aliphatic heterocycles. The molecule has 0 N–H and O–H groups in total. The molecule has 7 heteroatoms. The van der Waals surface area contributed by atoms with Crippen LogP contribution in [0.15, 0.2) is 48.0 Å².